The second kappa shape index (κ2) is 3.35. The minimum atomic E-state index is 0.261. The van der Waals surface area contributed by atoms with Gasteiger partial charge in [0, 0.05) is 24.4 Å². The van der Waals surface area contributed by atoms with Crippen LogP contribution in [0.5, 0.6) is 0 Å². The van der Waals surface area contributed by atoms with Gasteiger partial charge in [0.2, 0.25) is 0 Å². The molecule has 1 aromatic heterocycles. The first kappa shape index (κ1) is 9.66. The topological polar surface area (TPSA) is 38.9 Å². The fourth-order valence-corrected chi connectivity index (χ4v) is 2.58. The molecule has 2 nitrogen and oxygen atoms in total. The van der Waals surface area contributed by atoms with Gasteiger partial charge < -0.3 is 5.73 Å². The van der Waals surface area contributed by atoms with Crippen molar-refractivity contribution < 1.29 is 0 Å². The van der Waals surface area contributed by atoms with Crippen molar-refractivity contribution in [2.45, 2.75) is 25.7 Å². The summed E-state index contributed by atoms with van der Waals surface area (Å²) < 4.78 is 0. The molecule has 2 rings (SSSR count). The lowest BCUT2D eigenvalue weighted by Gasteiger charge is -2.17. The van der Waals surface area contributed by atoms with Gasteiger partial charge in [-0.3, -0.25) is 4.98 Å². The third-order valence-corrected chi connectivity index (χ3v) is 3.56. The SMILES string of the molecule is CC(C)C1CC1(CN)c1ccncc1. The van der Waals surface area contributed by atoms with Gasteiger partial charge in [-0.25, -0.2) is 0 Å². The van der Waals surface area contributed by atoms with Crippen LogP contribution in [-0.4, -0.2) is 11.5 Å². The van der Waals surface area contributed by atoms with Crippen LogP contribution in [0.15, 0.2) is 24.5 Å². The highest BCUT2D eigenvalue weighted by molar-refractivity contribution is 5.33. The smallest absolute Gasteiger partial charge is 0.0270 e. The zero-order valence-electron chi connectivity index (χ0n) is 8.90. The fourth-order valence-electron chi connectivity index (χ4n) is 2.58. The summed E-state index contributed by atoms with van der Waals surface area (Å²) in [6.07, 6.45) is 4.97. The number of pyridine rings is 1. The van der Waals surface area contributed by atoms with E-state index in [9.17, 15) is 0 Å². The lowest BCUT2D eigenvalue weighted by molar-refractivity contribution is 0.483. The van der Waals surface area contributed by atoms with Gasteiger partial charge in [-0.2, -0.15) is 0 Å². The highest BCUT2D eigenvalue weighted by Crippen LogP contribution is 2.56. The lowest BCUT2D eigenvalue weighted by Crippen LogP contribution is -2.23. The van der Waals surface area contributed by atoms with Crippen LogP contribution in [0.25, 0.3) is 0 Å². The first-order valence-corrected chi connectivity index (χ1v) is 5.31. The summed E-state index contributed by atoms with van der Waals surface area (Å²) in [7, 11) is 0. The molecule has 2 atom stereocenters. The van der Waals surface area contributed by atoms with Crippen LogP contribution < -0.4 is 5.73 Å². The molecule has 1 fully saturated rings. The van der Waals surface area contributed by atoms with Crippen LogP contribution >= 0.6 is 0 Å². The molecule has 1 aromatic rings. The predicted octanol–water partition coefficient (Wildman–Crippen LogP) is 1.95. The summed E-state index contributed by atoms with van der Waals surface area (Å²) in [4.78, 5) is 4.05. The molecule has 0 bridgehead atoms. The molecular formula is C12H18N2. The van der Waals surface area contributed by atoms with E-state index in [1.165, 1.54) is 12.0 Å². The number of aromatic nitrogens is 1. The van der Waals surface area contributed by atoms with Crippen LogP contribution in [0.2, 0.25) is 0 Å². The van der Waals surface area contributed by atoms with Crippen molar-refractivity contribution in [3.05, 3.63) is 30.1 Å². The van der Waals surface area contributed by atoms with Crippen molar-refractivity contribution in [3.63, 3.8) is 0 Å². The van der Waals surface area contributed by atoms with Gasteiger partial charge in [0.15, 0.2) is 0 Å². The summed E-state index contributed by atoms with van der Waals surface area (Å²) >= 11 is 0. The van der Waals surface area contributed by atoms with Gasteiger partial charge in [-0.1, -0.05) is 13.8 Å². The Hall–Kier alpha value is -0.890. The highest BCUT2D eigenvalue weighted by Gasteiger charge is 2.55. The van der Waals surface area contributed by atoms with Crippen molar-refractivity contribution in [1.29, 1.82) is 0 Å². The molecular weight excluding hydrogens is 172 g/mol. The Bertz CT molecular complexity index is 307. The zero-order valence-corrected chi connectivity index (χ0v) is 8.90. The third-order valence-electron chi connectivity index (χ3n) is 3.56. The van der Waals surface area contributed by atoms with Gasteiger partial charge in [0.05, 0.1) is 0 Å². The second-order valence-electron chi connectivity index (χ2n) is 4.65. The number of hydrogen-bond acceptors (Lipinski definition) is 2. The number of nitrogens with two attached hydrogens (primary N) is 1. The van der Waals surface area contributed by atoms with E-state index in [-0.39, 0.29) is 5.41 Å². The predicted molar refractivity (Wildman–Crippen MR) is 57.9 cm³/mol. The van der Waals surface area contributed by atoms with E-state index < -0.39 is 0 Å². The molecule has 0 saturated heterocycles. The number of nitrogens with zero attached hydrogens (tertiary/aromatic N) is 1. The van der Waals surface area contributed by atoms with Crippen LogP contribution in [-0.2, 0) is 5.41 Å². The average Bonchev–Trinajstić information content (AvgIpc) is 2.95. The van der Waals surface area contributed by atoms with E-state index in [1.54, 1.807) is 0 Å². The standard InChI is InChI=1S/C12H18N2/c1-9(2)11-7-12(11,8-13)10-3-5-14-6-4-10/h3-6,9,11H,7-8,13H2,1-2H3. The Morgan fingerprint density at radius 2 is 2.14 bits per heavy atom. The molecule has 76 valence electrons. The van der Waals surface area contributed by atoms with Gasteiger partial charge in [-0.05, 0) is 36.0 Å². The summed E-state index contributed by atoms with van der Waals surface area (Å²) in [6, 6.07) is 4.21. The third kappa shape index (κ3) is 1.34. The molecule has 0 spiro atoms. The number of hydrogen-bond donors (Lipinski definition) is 1. The molecule has 2 N–H and O–H groups in total. The largest absolute Gasteiger partial charge is 0.330 e. The van der Waals surface area contributed by atoms with Crippen molar-refractivity contribution in [1.82, 2.24) is 4.98 Å². The normalized spacial score (nSPS) is 30.7. The fraction of sp³-hybridized carbons (Fsp3) is 0.583. The molecule has 14 heavy (non-hydrogen) atoms. The molecule has 0 aliphatic heterocycles. The monoisotopic (exact) mass is 190 g/mol. The van der Waals surface area contributed by atoms with Crippen LogP contribution in [0.4, 0.5) is 0 Å². The Balaban J connectivity index is 2.25. The van der Waals surface area contributed by atoms with E-state index in [2.05, 4.69) is 31.0 Å². The van der Waals surface area contributed by atoms with Gasteiger partial charge in [0.1, 0.15) is 0 Å². The van der Waals surface area contributed by atoms with Crippen LogP contribution in [0.1, 0.15) is 25.8 Å². The molecule has 1 heterocycles. The summed E-state index contributed by atoms with van der Waals surface area (Å²) in [5.74, 6) is 1.49. The van der Waals surface area contributed by atoms with Gasteiger partial charge in [0.25, 0.3) is 0 Å². The first-order chi connectivity index (χ1) is 6.70. The molecule has 2 unspecified atom stereocenters. The molecule has 1 aliphatic rings. The van der Waals surface area contributed by atoms with Crippen molar-refractivity contribution >= 4 is 0 Å². The Labute approximate surface area is 85.5 Å². The number of rotatable bonds is 3. The van der Waals surface area contributed by atoms with E-state index in [0.29, 0.717) is 0 Å². The highest BCUT2D eigenvalue weighted by atomic mass is 14.7. The maximum atomic E-state index is 5.91. The van der Waals surface area contributed by atoms with E-state index in [4.69, 9.17) is 5.73 Å². The Morgan fingerprint density at radius 1 is 1.50 bits per heavy atom. The Kier molecular flexibility index (Phi) is 2.31. The Morgan fingerprint density at radius 3 is 2.57 bits per heavy atom. The minimum Gasteiger partial charge on any atom is -0.330 e. The zero-order chi connectivity index (χ0) is 10.2. The molecule has 1 saturated carbocycles. The maximum Gasteiger partial charge on any atom is 0.0270 e. The molecule has 0 amide bonds. The summed E-state index contributed by atoms with van der Waals surface area (Å²) in [6.45, 7) is 5.33. The van der Waals surface area contributed by atoms with Gasteiger partial charge >= 0.3 is 0 Å². The van der Waals surface area contributed by atoms with Crippen LogP contribution in [0.3, 0.4) is 0 Å². The summed E-state index contributed by atoms with van der Waals surface area (Å²) in [5.41, 5.74) is 7.54. The van der Waals surface area contributed by atoms with Crippen molar-refractivity contribution in [2.24, 2.45) is 17.6 Å². The van der Waals surface area contributed by atoms with E-state index in [0.717, 1.165) is 18.4 Å². The quantitative estimate of drug-likeness (QED) is 0.791. The van der Waals surface area contributed by atoms with E-state index in [1.807, 2.05) is 12.4 Å². The molecule has 1 aliphatic carbocycles. The molecule has 2 heteroatoms. The van der Waals surface area contributed by atoms with Crippen LogP contribution in [0, 0.1) is 11.8 Å². The average molecular weight is 190 g/mol. The minimum absolute atomic E-state index is 0.261. The van der Waals surface area contributed by atoms with E-state index >= 15 is 0 Å². The van der Waals surface area contributed by atoms with Crippen molar-refractivity contribution in [2.75, 3.05) is 6.54 Å². The molecule has 0 aromatic carbocycles. The maximum absolute atomic E-state index is 5.91. The molecule has 0 radical (unpaired) electrons. The van der Waals surface area contributed by atoms with Crippen molar-refractivity contribution in [3.8, 4) is 0 Å². The lowest BCUT2D eigenvalue weighted by atomic mass is 9.90. The van der Waals surface area contributed by atoms with Gasteiger partial charge in [-0.15, -0.1) is 0 Å². The second-order valence-corrected chi connectivity index (χ2v) is 4.65. The first-order valence-electron chi connectivity index (χ1n) is 5.31. The summed E-state index contributed by atoms with van der Waals surface area (Å²) in [5, 5.41) is 0.